The van der Waals surface area contributed by atoms with E-state index in [-0.39, 0.29) is 28.4 Å². The molecule has 0 saturated heterocycles. The largest absolute Gasteiger partial charge is 0.330 e. The molecule has 3 aliphatic heterocycles. The van der Waals surface area contributed by atoms with Crippen LogP contribution < -0.4 is 31.1 Å². The lowest BCUT2D eigenvalue weighted by Crippen LogP contribution is -2.61. The zero-order valence-corrected chi connectivity index (χ0v) is 55.5. The number of rotatable bonds is 7. The van der Waals surface area contributed by atoms with E-state index in [1.807, 2.05) is 0 Å². The van der Waals surface area contributed by atoms with Gasteiger partial charge < -0.3 is 14.7 Å². The first-order valence-electron chi connectivity index (χ1n) is 33.2. The van der Waals surface area contributed by atoms with Gasteiger partial charge in [-0.2, -0.15) is 0 Å². The highest BCUT2D eigenvalue weighted by Gasteiger charge is 2.63. The van der Waals surface area contributed by atoms with Gasteiger partial charge in [-0.1, -0.05) is 277 Å². The molecule has 0 amide bonds. The lowest BCUT2D eigenvalue weighted by molar-refractivity contribution is 0.270. The minimum absolute atomic E-state index is 0.0847. The van der Waals surface area contributed by atoms with E-state index < -0.39 is 11.0 Å². The SMILES string of the molecule is CC(C)(C)c1ccc(N2c3cc(-c4ccccc4)ccc3B3c4ccc(C(C)(C)C)cc4N(c4ccc(C(C)(C)C)cc4-c4ccccc4)c4cc(N5c6ccc(C(C)(C)C)cc6C6(c7ccccc7)CCc7ccccc7C56C)cc2c43)c(-c2ccccc2)c1. The second-order valence-electron chi connectivity index (χ2n) is 30.7. The van der Waals surface area contributed by atoms with Crippen molar-refractivity contribution in [3.63, 3.8) is 0 Å². The van der Waals surface area contributed by atoms with E-state index in [0.717, 1.165) is 29.9 Å². The molecule has 4 heteroatoms. The topological polar surface area (TPSA) is 9.72 Å². The molecule has 0 fully saturated rings. The van der Waals surface area contributed by atoms with E-state index in [1.165, 1.54) is 123 Å². The lowest BCUT2D eigenvalue weighted by atomic mass is 9.33. The van der Waals surface area contributed by atoms with Crippen molar-refractivity contribution < 1.29 is 0 Å². The molecule has 4 aliphatic rings. The first kappa shape index (κ1) is 58.3. The van der Waals surface area contributed by atoms with Gasteiger partial charge in [-0.05, 0) is 179 Å². The molecule has 2 atom stereocenters. The lowest BCUT2D eigenvalue weighted by Gasteiger charge is -2.53. The number of anilines is 8. The summed E-state index contributed by atoms with van der Waals surface area (Å²) in [4.78, 5) is 8.24. The van der Waals surface area contributed by atoms with E-state index in [2.05, 4.69) is 353 Å². The standard InChI is InChI=1S/C87H84BN3/c1-82(2,3)63-40-45-74(68(51-63)58-30-20-15-21-31-58)89-77-50-61(57-28-18-14-19-29-57)38-43-72(77)88-73-44-39-66(85(10,11)12)54-78(73)90(75-46-41-64(83(4,5)6)52-69(75)59-32-22-16-23-33-59)80-56-67(55-79(89)81(80)88)91-76-47-42-65(84(7,8)9)53-71(76)87(62-35-24-17-25-36-62)49-48-60-34-26-27-37-70(60)86(87,91)13/h14-47,50-56H,48-49H2,1-13H3. The Morgan fingerprint density at radius 1 is 0.341 bits per heavy atom. The van der Waals surface area contributed by atoms with Gasteiger partial charge in [-0.3, -0.25) is 0 Å². The molecule has 0 aromatic heterocycles. The van der Waals surface area contributed by atoms with Crippen molar-refractivity contribution in [3.05, 3.63) is 293 Å². The molecule has 3 nitrogen and oxygen atoms in total. The molecule has 15 rings (SSSR count). The van der Waals surface area contributed by atoms with Crippen LogP contribution >= 0.6 is 0 Å². The Balaban J connectivity index is 1.14. The maximum Gasteiger partial charge on any atom is 0.252 e. The predicted octanol–water partition coefficient (Wildman–Crippen LogP) is 21.3. The summed E-state index contributed by atoms with van der Waals surface area (Å²) in [6.07, 6.45) is 1.93. The third kappa shape index (κ3) is 9.20. The van der Waals surface area contributed by atoms with Crippen LogP contribution in [-0.4, -0.2) is 6.71 Å². The van der Waals surface area contributed by atoms with Gasteiger partial charge in [0.2, 0.25) is 0 Å². The molecule has 450 valence electrons. The van der Waals surface area contributed by atoms with E-state index in [4.69, 9.17) is 0 Å². The van der Waals surface area contributed by atoms with E-state index in [0.29, 0.717) is 0 Å². The second kappa shape index (κ2) is 21.0. The van der Waals surface area contributed by atoms with E-state index in [9.17, 15) is 0 Å². The van der Waals surface area contributed by atoms with Crippen LogP contribution in [0.1, 0.15) is 141 Å². The average molecular weight is 1180 g/mol. The van der Waals surface area contributed by atoms with E-state index in [1.54, 1.807) is 0 Å². The highest BCUT2D eigenvalue weighted by molar-refractivity contribution is 7.00. The summed E-state index contributed by atoms with van der Waals surface area (Å²) in [6.45, 7) is 30.8. The smallest absolute Gasteiger partial charge is 0.252 e. The molecule has 0 bridgehead atoms. The summed E-state index contributed by atoms with van der Waals surface area (Å²) < 4.78 is 0. The second-order valence-corrected chi connectivity index (χ2v) is 30.7. The minimum Gasteiger partial charge on any atom is -0.330 e. The Morgan fingerprint density at radius 3 is 1.30 bits per heavy atom. The van der Waals surface area contributed by atoms with Gasteiger partial charge in [0.05, 0.1) is 22.3 Å². The highest BCUT2D eigenvalue weighted by atomic mass is 15.3. The predicted molar refractivity (Wildman–Crippen MR) is 389 cm³/mol. The van der Waals surface area contributed by atoms with Crippen molar-refractivity contribution in [2.45, 2.75) is 135 Å². The zero-order valence-electron chi connectivity index (χ0n) is 55.5. The first-order valence-corrected chi connectivity index (χ1v) is 33.2. The molecular weight excluding hydrogens is 1100 g/mol. The summed E-state index contributed by atoms with van der Waals surface area (Å²) in [5.41, 5.74) is 29.8. The first-order chi connectivity index (χ1) is 43.5. The van der Waals surface area contributed by atoms with E-state index >= 15 is 0 Å². The van der Waals surface area contributed by atoms with Crippen molar-refractivity contribution in [1.82, 2.24) is 0 Å². The minimum atomic E-state index is -0.607. The van der Waals surface area contributed by atoms with Crippen LogP contribution in [0.15, 0.2) is 249 Å². The summed E-state index contributed by atoms with van der Waals surface area (Å²) in [5, 5.41) is 0. The fraction of sp³-hybridized carbons (Fsp3) is 0.241. The van der Waals surface area contributed by atoms with Crippen LogP contribution in [0.25, 0.3) is 33.4 Å². The van der Waals surface area contributed by atoms with Gasteiger partial charge in [0.1, 0.15) is 0 Å². The van der Waals surface area contributed by atoms with Crippen molar-refractivity contribution in [3.8, 4) is 33.4 Å². The molecule has 11 aromatic carbocycles. The molecule has 91 heavy (non-hydrogen) atoms. The zero-order chi connectivity index (χ0) is 63.1. The van der Waals surface area contributed by atoms with Gasteiger partial charge >= 0.3 is 0 Å². The molecule has 0 radical (unpaired) electrons. The fourth-order valence-corrected chi connectivity index (χ4v) is 16.2. The van der Waals surface area contributed by atoms with Crippen LogP contribution in [0.3, 0.4) is 0 Å². The molecule has 0 saturated carbocycles. The van der Waals surface area contributed by atoms with Crippen molar-refractivity contribution in [2.75, 3.05) is 14.7 Å². The normalized spacial score (nSPS) is 17.4. The van der Waals surface area contributed by atoms with Crippen LogP contribution in [0.5, 0.6) is 0 Å². The van der Waals surface area contributed by atoms with Crippen molar-refractivity contribution >= 4 is 68.6 Å². The Kier molecular flexibility index (Phi) is 13.4. The number of aryl methyl sites for hydroxylation is 1. The van der Waals surface area contributed by atoms with Crippen LogP contribution in [-0.2, 0) is 39.0 Å². The summed E-state index contributed by atoms with van der Waals surface area (Å²) in [5.74, 6) is 0. The number of benzene rings is 11. The maximum absolute atomic E-state index is 2.83. The number of hydrogen-bond donors (Lipinski definition) is 0. The number of nitrogens with zero attached hydrogens (tertiary/aromatic N) is 3. The van der Waals surface area contributed by atoms with Crippen LogP contribution in [0.2, 0.25) is 0 Å². The monoisotopic (exact) mass is 1180 g/mol. The third-order valence-corrected chi connectivity index (χ3v) is 21.1. The van der Waals surface area contributed by atoms with Crippen LogP contribution in [0.4, 0.5) is 45.5 Å². The van der Waals surface area contributed by atoms with Crippen molar-refractivity contribution in [1.29, 1.82) is 0 Å². The Labute approximate surface area is 542 Å². The summed E-state index contributed by atoms with van der Waals surface area (Å²) >= 11 is 0. The van der Waals surface area contributed by atoms with Crippen LogP contribution in [0, 0.1) is 0 Å². The van der Waals surface area contributed by atoms with Crippen molar-refractivity contribution in [2.24, 2.45) is 0 Å². The van der Waals surface area contributed by atoms with Gasteiger partial charge in [-0.25, -0.2) is 0 Å². The van der Waals surface area contributed by atoms with Gasteiger partial charge in [0.15, 0.2) is 0 Å². The Morgan fingerprint density at radius 2 is 0.769 bits per heavy atom. The Bertz CT molecular complexity index is 4650. The summed E-state index contributed by atoms with van der Waals surface area (Å²) in [6, 6.07) is 96.7. The Hall–Kier alpha value is -9.12. The summed E-state index contributed by atoms with van der Waals surface area (Å²) in [7, 11) is 0. The molecule has 11 aromatic rings. The maximum atomic E-state index is 2.83. The van der Waals surface area contributed by atoms with Gasteiger partial charge in [0, 0.05) is 45.3 Å². The molecule has 3 heterocycles. The third-order valence-electron chi connectivity index (χ3n) is 21.1. The number of hydrogen-bond acceptors (Lipinski definition) is 3. The van der Waals surface area contributed by atoms with Gasteiger partial charge in [0.25, 0.3) is 6.71 Å². The fourth-order valence-electron chi connectivity index (χ4n) is 16.2. The molecule has 2 unspecified atom stereocenters. The molecule has 1 aliphatic carbocycles. The molecular formula is C87H84BN3. The highest BCUT2D eigenvalue weighted by Crippen LogP contribution is 2.67. The quantitative estimate of drug-likeness (QED) is 0.147. The number of fused-ring (bicyclic) bond motifs is 9. The van der Waals surface area contributed by atoms with Gasteiger partial charge in [-0.15, -0.1) is 0 Å². The average Bonchev–Trinajstić information content (AvgIpc) is 1.58. The molecule has 0 N–H and O–H groups in total. The molecule has 0 spiro atoms.